The quantitative estimate of drug-likeness (QED) is 0.625. The molecular weight excluding hydrogens is 338 g/mol. The van der Waals surface area contributed by atoms with Crippen LogP contribution in [0.1, 0.15) is 69.4 Å². The van der Waals surface area contributed by atoms with Crippen molar-refractivity contribution >= 4 is 5.96 Å². The molecule has 2 bridgehead atoms. The van der Waals surface area contributed by atoms with Gasteiger partial charge in [-0.1, -0.05) is 19.3 Å². The molecule has 1 aromatic rings. The monoisotopic (exact) mass is 373 g/mol. The summed E-state index contributed by atoms with van der Waals surface area (Å²) in [6, 6.07) is 2.53. The van der Waals surface area contributed by atoms with Crippen molar-refractivity contribution in [1.29, 1.82) is 0 Å². The highest BCUT2D eigenvalue weighted by molar-refractivity contribution is 5.80. The molecule has 7 heteroatoms. The van der Waals surface area contributed by atoms with Crippen LogP contribution in [0.2, 0.25) is 0 Å². The van der Waals surface area contributed by atoms with Crippen molar-refractivity contribution in [3.05, 3.63) is 11.6 Å². The lowest BCUT2D eigenvalue weighted by Crippen LogP contribution is -2.57. The van der Waals surface area contributed by atoms with E-state index in [2.05, 4.69) is 32.8 Å². The Morgan fingerprint density at radius 1 is 0.963 bits per heavy atom. The summed E-state index contributed by atoms with van der Waals surface area (Å²) in [6.45, 7) is 2.55. The SMILES string of the molecule is Cc1nnc(CN=C(NC2CCCC2)NC2CC3CCCC(C2)N3C)n1C. The van der Waals surface area contributed by atoms with E-state index in [0.29, 0.717) is 18.6 Å². The Bertz CT molecular complexity index is 647. The molecule has 2 unspecified atom stereocenters. The van der Waals surface area contributed by atoms with Crippen LogP contribution in [0.5, 0.6) is 0 Å². The molecule has 0 radical (unpaired) electrons. The summed E-state index contributed by atoms with van der Waals surface area (Å²) < 4.78 is 2.02. The minimum absolute atomic E-state index is 0.519. The zero-order valence-electron chi connectivity index (χ0n) is 17.1. The van der Waals surface area contributed by atoms with E-state index in [9.17, 15) is 0 Å². The fraction of sp³-hybridized carbons (Fsp3) is 0.850. The number of aliphatic imine (C=N–C) groups is 1. The van der Waals surface area contributed by atoms with Crippen LogP contribution in [0.15, 0.2) is 4.99 Å². The maximum atomic E-state index is 4.90. The van der Waals surface area contributed by atoms with Gasteiger partial charge < -0.3 is 20.1 Å². The van der Waals surface area contributed by atoms with E-state index in [-0.39, 0.29) is 0 Å². The number of nitrogens with one attached hydrogen (secondary N) is 2. The maximum Gasteiger partial charge on any atom is 0.192 e. The molecule has 0 amide bonds. The number of aryl methyl sites for hydroxylation is 1. The molecule has 1 saturated carbocycles. The fourth-order valence-electron chi connectivity index (χ4n) is 5.06. The molecular formula is C20H35N7. The van der Waals surface area contributed by atoms with E-state index in [0.717, 1.165) is 29.7 Å². The average molecular weight is 374 g/mol. The highest BCUT2D eigenvalue weighted by Crippen LogP contribution is 2.32. The number of nitrogens with zero attached hydrogens (tertiary/aromatic N) is 5. The third-order valence-corrected chi connectivity index (χ3v) is 6.94. The summed E-state index contributed by atoms with van der Waals surface area (Å²) in [5.74, 6) is 2.82. The van der Waals surface area contributed by atoms with Gasteiger partial charge in [0.2, 0.25) is 0 Å². The van der Waals surface area contributed by atoms with Crippen molar-refractivity contribution in [1.82, 2.24) is 30.3 Å². The third-order valence-electron chi connectivity index (χ3n) is 6.94. The second-order valence-electron chi connectivity index (χ2n) is 8.73. The van der Waals surface area contributed by atoms with Crippen LogP contribution in [0, 0.1) is 6.92 Å². The molecule has 150 valence electrons. The minimum atomic E-state index is 0.519. The molecule has 3 heterocycles. The Balaban J connectivity index is 1.44. The van der Waals surface area contributed by atoms with Gasteiger partial charge in [0.1, 0.15) is 12.4 Å². The summed E-state index contributed by atoms with van der Waals surface area (Å²) in [4.78, 5) is 7.51. The average Bonchev–Trinajstić information content (AvgIpc) is 3.25. The van der Waals surface area contributed by atoms with E-state index in [1.54, 1.807) is 0 Å². The molecule has 7 nitrogen and oxygen atoms in total. The van der Waals surface area contributed by atoms with Gasteiger partial charge in [0.05, 0.1) is 0 Å². The lowest BCUT2D eigenvalue weighted by atomic mass is 9.82. The van der Waals surface area contributed by atoms with Crippen molar-refractivity contribution in [2.75, 3.05) is 7.05 Å². The van der Waals surface area contributed by atoms with E-state index < -0.39 is 0 Å². The van der Waals surface area contributed by atoms with E-state index in [1.807, 2.05) is 18.5 Å². The molecule has 3 aliphatic rings. The van der Waals surface area contributed by atoms with Crippen molar-refractivity contribution in [3.63, 3.8) is 0 Å². The molecule has 2 atom stereocenters. The molecule has 4 rings (SSSR count). The van der Waals surface area contributed by atoms with Crippen LogP contribution in [0.3, 0.4) is 0 Å². The predicted octanol–water partition coefficient (Wildman–Crippen LogP) is 2.12. The van der Waals surface area contributed by atoms with Crippen LogP contribution in [-0.2, 0) is 13.6 Å². The van der Waals surface area contributed by atoms with Gasteiger partial charge in [-0.15, -0.1) is 10.2 Å². The van der Waals surface area contributed by atoms with Crippen LogP contribution in [-0.4, -0.2) is 56.8 Å². The number of hydrogen-bond donors (Lipinski definition) is 2. The highest BCUT2D eigenvalue weighted by atomic mass is 15.3. The van der Waals surface area contributed by atoms with Gasteiger partial charge in [-0.3, -0.25) is 0 Å². The molecule has 1 aliphatic carbocycles. The van der Waals surface area contributed by atoms with Gasteiger partial charge in [0, 0.05) is 31.2 Å². The molecule has 3 fully saturated rings. The molecule has 2 N–H and O–H groups in total. The zero-order valence-corrected chi connectivity index (χ0v) is 17.1. The molecule has 27 heavy (non-hydrogen) atoms. The van der Waals surface area contributed by atoms with Gasteiger partial charge in [0.15, 0.2) is 11.8 Å². The standard InChI is InChI=1S/C20H35N7/c1-14-24-25-19(26(14)2)13-21-20(22-15-7-4-5-8-15)23-16-11-17-9-6-10-18(12-16)27(17)3/h15-18H,4-13H2,1-3H3,(H2,21,22,23). The zero-order chi connectivity index (χ0) is 18.8. The van der Waals surface area contributed by atoms with Crippen molar-refractivity contribution < 1.29 is 0 Å². The second-order valence-corrected chi connectivity index (χ2v) is 8.73. The lowest BCUT2D eigenvalue weighted by molar-refractivity contribution is 0.0526. The van der Waals surface area contributed by atoms with Crippen LogP contribution >= 0.6 is 0 Å². The summed E-state index contributed by atoms with van der Waals surface area (Å²) in [6.07, 6.45) is 11.7. The molecule has 2 saturated heterocycles. The first-order valence-corrected chi connectivity index (χ1v) is 10.7. The van der Waals surface area contributed by atoms with Crippen molar-refractivity contribution in [2.24, 2.45) is 12.0 Å². The maximum absolute atomic E-state index is 4.90. The van der Waals surface area contributed by atoms with Gasteiger partial charge in [0.25, 0.3) is 0 Å². The van der Waals surface area contributed by atoms with Gasteiger partial charge in [-0.05, 0) is 52.5 Å². The topological polar surface area (TPSA) is 70.4 Å². The number of guanidine groups is 1. The first-order valence-electron chi connectivity index (χ1n) is 10.7. The molecule has 0 aromatic carbocycles. The number of piperidine rings is 2. The van der Waals surface area contributed by atoms with Crippen molar-refractivity contribution in [3.8, 4) is 0 Å². The predicted molar refractivity (Wildman–Crippen MR) is 108 cm³/mol. The van der Waals surface area contributed by atoms with E-state index in [1.165, 1.54) is 57.8 Å². The van der Waals surface area contributed by atoms with Gasteiger partial charge in [-0.25, -0.2) is 4.99 Å². The van der Waals surface area contributed by atoms with Gasteiger partial charge in [-0.2, -0.15) is 0 Å². The normalized spacial score (nSPS) is 29.9. The number of fused-ring (bicyclic) bond motifs is 2. The fourth-order valence-corrected chi connectivity index (χ4v) is 5.06. The van der Waals surface area contributed by atoms with Crippen molar-refractivity contribution in [2.45, 2.75) is 95.4 Å². The summed E-state index contributed by atoms with van der Waals surface area (Å²) in [7, 11) is 4.32. The summed E-state index contributed by atoms with van der Waals surface area (Å²) >= 11 is 0. The summed E-state index contributed by atoms with van der Waals surface area (Å²) in [5.41, 5.74) is 0. The highest BCUT2D eigenvalue weighted by Gasteiger charge is 2.36. The third kappa shape index (κ3) is 4.28. The molecule has 0 spiro atoms. The Labute approximate surface area is 163 Å². The molecule has 2 aliphatic heterocycles. The number of rotatable bonds is 4. The van der Waals surface area contributed by atoms with E-state index >= 15 is 0 Å². The molecule has 1 aromatic heterocycles. The van der Waals surface area contributed by atoms with Crippen LogP contribution < -0.4 is 10.6 Å². The first-order chi connectivity index (χ1) is 13.1. The Hall–Kier alpha value is -1.63. The Morgan fingerprint density at radius 2 is 1.63 bits per heavy atom. The van der Waals surface area contributed by atoms with Gasteiger partial charge >= 0.3 is 0 Å². The first kappa shape index (κ1) is 18.7. The second kappa shape index (κ2) is 8.17. The summed E-state index contributed by atoms with van der Waals surface area (Å²) in [5, 5.41) is 15.9. The lowest BCUT2D eigenvalue weighted by Gasteiger charge is -2.47. The Morgan fingerprint density at radius 3 is 2.26 bits per heavy atom. The van der Waals surface area contributed by atoms with E-state index in [4.69, 9.17) is 4.99 Å². The number of aromatic nitrogens is 3. The number of hydrogen-bond acceptors (Lipinski definition) is 4. The largest absolute Gasteiger partial charge is 0.354 e. The van der Waals surface area contributed by atoms with Crippen LogP contribution in [0.25, 0.3) is 0 Å². The smallest absolute Gasteiger partial charge is 0.192 e. The minimum Gasteiger partial charge on any atom is -0.354 e. The van der Waals surface area contributed by atoms with Crippen LogP contribution in [0.4, 0.5) is 0 Å². The Kier molecular flexibility index (Phi) is 5.66.